The van der Waals surface area contributed by atoms with Crippen molar-refractivity contribution in [2.24, 2.45) is 5.92 Å². The Kier molecular flexibility index (Phi) is 4.74. The Morgan fingerprint density at radius 3 is 2.56 bits per heavy atom. The van der Waals surface area contributed by atoms with Crippen molar-refractivity contribution in [2.75, 3.05) is 26.8 Å². The Hall–Kier alpha value is -1.37. The lowest BCUT2D eigenvalue weighted by molar-refractivity contribution is 0.0549. The highest BCUT2D eigenvalue weighted by Crippen LogP contribution is 2.16. The summed E-state index contributed by atoms with van der Waals surface area (Å²) in [5, 5.41) is 8.75. The molecule has 1 aliphatic heterocycles. The van der Waals surface area contributed by atoms with Gasteiger partial charge in [-0.15, -0.1) is 0 Å². The number of hydrogen-bond acceptors (Lipinski definition) is 3. The van der Waals surface area contributed by atoms with Crippen LogP contribution in [0.3, 0.4) is 0 Å². The van der Waals surface area contributed by atoms with Crippen LogP contribution >= 0.6 is 0 Å². The first-order chi connectivity index (χ1) is 8.78. The second kappa shape index (κ2) is 6.53. The molecule has 2 rings (SSSR count). The fourth-order valence-electron chi connectivity index (χ4n) is 2.43. The van der Waals surface area contributed by atoms with E-state index in [0.717, 1.165) is 37.8 Å². The zero-order valence-electron chi connectivity index (χ0n) is 10.9. The highest BCUT2D eigenvalue weighted by atomic mass is 16.5. The Morgan fingerprint density at radius 2 is 1.94 bits per heavy atom. The second-order valence-electron chi connectivity index (χ2n) is 5.06. The van der Waals surface area contributed by atoms with Gasteiger partial charge in [0.15, 0.2) is 0 Å². The van der Waals surface area contributed by atoms with E-state index < -0.39 is 0 Å². The van der Waals surface area contributed by atoms with Gasteiger partial charge in [-0.3, -0.25) is 0 Å². The number of nitrogens with zero attached hydrogens (tertiary/aromatic N) is 2. The molecule has 0 unspecified atom stereocenters. The van der Waals surface area contributed by atoms with Crippen molar-refractivity contribution < 1.29 is 4.74 Å². The van der Waals surface area contributed by atoms with Gasteiger partial charge in [-0.2, -0.15) is 5.26 Å². The van der Waals surface area contributed by atoms with Crippen molar-refractivity contribution in [1.82, 2.24) is 4.90 Å². The summed E-state index contributed by atoms with van der Waals surface area (Å²) in [5.41, 5.74) is 1.99. The third kappa shape index (κ3) is 3.83. The van der Waals surface area contributed by atoms with Gasteiger partial charge in [0.1, 0.15) is 0 Å². The van der Waals surface area contributed by atoms with Crippen LogP contribution in [0.2, 0.25) is 0 Å². The molecule has 0 aliphatic carbocycles. The molecular formula is C15H20N2O. The monoisotopic (exact) mass is 244 g/mol. The van der Waals surface area contributed by atoms with Crippen LogP contribution in [0.4, 0.5) is 0 Å². The number of nitriles is 1. The maximum Gasteiger partial charge on any atom is 0.0991 e. The topological polar surface area (TPSA) is 36.3 Å². The first kappa shape index (κ1) is 13.1. The molecule has 3 nitrogen and oxygen atoms in total. The molecular weight excluding hydrogens is 224 g/mol. The van der Waals surface area contributed by atoms with Crippen molar-refractivity contribution in [1.29, 1.82) is 5.26 Å². The number of ether oxygens (including phenoxy) is 1. The fourth-order valence-corrected chi connectivity index (χ4v) is 2.43. The zero-order valence-corrected chi connectivity index (χ0v) is 10.9. The van der Waals surface area contributed by atoms with Crippen molar-refractivity contribution in [2.45, 2.75) is 19.4 Å². The third-order valence-corrected chi connectivity index (χ3v) is 3.45. The summed E-state index contributed by atoms with van der Waals surface area (Å²) in [6, 6.07) is 10.0. The molecule has 1 aromatic carbocycles. The molecule has 1 saturated heterocycles. The van der Waals surface area contributed by atoms with Gasteiger partial charge in [0.2, 0.25) is 0 Å². The minimum atomic E-state index is 0.728. The average molecular weight is 244 g/mol. The molecule has 1 aromatic rings. The van der Waals surface area contributed by atoms with Crippen molar-refractivity contribution >= 4 is 0 Å². The van der Waals surface area contributed by atoms with Gasteiger partial charge < -0.3 is 9.64 Å². The molecule has 0 spiro atoms. The molecule has 96 valence electrons. The van der Waals surface area contributed by atoms with Gasteiger partial charge in [-0.05, 0) is 43.5 Å². The van der Waals surface area contributed by atoms with Crippen LogP contribution in [0, 0.1) is 17.2 Å². The van der Waals surface area contributed by atoms with Crippen LogP contribution in [0.5, 0.6) is 0 Å². The van der Waals surface area contributed by atoms with Gasteiger partial charge >= 0.3 is 0 Å². The van der Waals surface area contributed by atoms with E-state index in [1.165, 1.54) is 18.4 Å². The van der Waals surface area contributed by atoms with Crippen LogP contribution in [0.1, 0.15) is 24.0 Å². The fraction of sp³-hybridized carbons (Fsp3) is 0.533. The lowest BCUT2D eigenvalue weighted by Crippen LogP contribution is -2.29. The number of rotatable bonds is 4. The van der Waals surface area contributed by atoms with E-state index in [2.05, 4.69) is 18.0 Å². The Balaban J connectivity index is 1.82. The summed E-state index contributed by atoms with van der Waals surface area (Å²) in [5.74, 6) is 0.766. The van der Waals surface area contributed by atoms with Gasteiger partial charge in [0.25, 0.3) is 0 Å². The Bertz CT molecular complexity index is 401. The summed E-state index contributed by atoms with van der Waals surface area (Å²) in [7, 11) is 2.16. The van der Waals surface area contributed by atoms with E-state index in [0.29, 0.717) is 0 Å². The van der Waals surface area contributed by atoms with Crippen LogP contribution in [-0.4, -0.2) is 31.7 Å². The first-order valence-corrected chi connectivity index (χ1v) is 6.53. The molecule has 0 radical (unpaired) electrons. The Labute approximate surface area is 109 Å². The second-order valence-corrected chi connectivity index (χ2v) is 5.06. The molecule has 0 bridgehead atoms. The van der Waals surface area contributed by atoms with Crippen molar-refractivity contribution in [3.05, 3.63) is 35.4 Å². The lowest BCUT2D eigenvalue weighted by atomic mass is 9.99. The van der Waals surface area contributed by atoms with Gasteiger partial charge in [-0.1, -0.05) is 12.1 Å². The standard InChI is InChI=1S/C15H20N2O/c1-17(12-15-6-8-18-9-7-15)11-14-4-2-13(10-16)3-5-14/h2-5,15H,6-9,11-12H2,1H3. The van der Waals surface area contributed by atoms with E-state index in [1.54, 1.807) is 0 Å². The molecule has 1 heterocycles. The average Bonchev–Trinajstić information content (AvgIpc) is 2.40. The van der Waals surface area contributed by atoms with E-state index in [4.69, 9.17) is 10.00 Å². The molecule has 1 fully saturated rings. The lowest BCUT2D eigenvalue weighted by Gasteiger charge is -2.27. The van der Waals surface area contributed by atoms with Gasteiger partial charge in [-0.25, -0.2) is 0 Å². The molecule has 0 aromatic heterocycles. The van der Waals surface area contributed by atoms with Crippen LogP contribution < -0.4 is 0 Å². The Morgan fingerprint density at radius 1 is 1.28 bits per heavy atom. The maximum atomic E-state index is 8.75. The molecule has 0 amide bonds. The minimum absolute atomic E-state index is 0.728. The van der Waals surface area contributed by atoms with Crippen LogP contribution in [-0.2, 0) is 11.3 Å². The van der Waals surface area contributed by atoms with Crippen LogP contribution in [0.25, 0.3) is 0 Å². The third-order valence-electron chi connectivity index (χ3n) is 3.45. The molecule has 0 atom stereocenters. The maximum absolute atomic E-state index is 8.75. The number of hydrogen-bond donors (Lipinski definition) is 0. The van der Waals surface area contributed by atoms with E-state index in [1.807, 2.05) is 24.3 Å². The smallest absolute Gasteiger partial charge is 0.0991 e. The quantitative estimate of drug-likeness (QED) is 0.816. The molecule has 0 N–H and O–H groups in total. The zero-order chi connectivity index (χ0) is 12.8. The number of benzene rings is 1. The minimum Gasteiger partial charge on any atom is -0.381 e. The summed E-state index contributed by atoms with van der Waals surface area (Å²) in [4.78, 5) is 2.36. The van der Waals surface area contributed by atoms with Gasteiger partial charge in [0.05, 0.1) is 11.6 Å². The summed E-state index contributed by atoms with van der Waals surface area (Å²) in [6.07, 6.45) is 2.36. The van der Waals surface area contributed by atoms with Gasteiger partial charge in [0, 0.05) is 26.3 Å². The summed E-state index contributed by atoms with van der Waals surface area (Å²) < 4.78 is 5.38. The SMILES string of the molecule is CN(Cc1ccc(C#N)cc1)CC1CCOCC1. The molecule has 1 aliphatic rings. The largest absolute Gasteiger partial charge is 0.381 e. The molecule has 0 saturated carbocycles. The first-order valence-electron chi connectivity index (χ1n) is 6.53. The highest BCUT2D eigenvalue weighted by Gasteiger charge is 2.15. The van der Waals surface area contributed by atoms with E-state index >= 15 is 0 Å². The predicted molar refractivity (Wildman–Crippen MR) is 71.0 cm³/mol. The van der Waals surface area contributed by atoms with Crippen molar-refractivity contribution in [3.8, 4) is 6.07 Å². The predicted octanol–water partition coefficient (Wildman–Crippen LogP) is 2.42. The van der Waals surface area contributed by atoms with E-state index in [-0.39, 0.29) is 0 Å². The molecule has 18 heavy (non-hydrogen) atoms. The summed E-state index contributed by atoms with van der Waals surface area (Å²) >= 11 is 0. The molecule has 3 heteroatoms. The van der Waals surface area contributed by atoms with Crippen LogP contribution in [0.15, 0.2) is 24.3 Å². The normalized spacial score (nSPS) is 16.7. The van der Waals surface area contributed by atoms with E-state index in [9.17, 15) is 0 Å². The highest BCUT2D eigenvalue weighted by molar-refractivity contribution is 5.31. The summed E-state index contributed by atoms with van der Waals surface area (Å²) in [6.45, 7) is 3.90. The van der Waals surface area contributed by atoms with Crippen molar-refractivity contribution in [3.63, 3.8) is 0 Å².